The van der Waals surface area contributed by atoms with Gasteiger partial charge in [0.25, 0.3) is 0 Å². The molecular formula is C18H22N2O3S. The summed E-state index contributed by atoms with van der Waals surface area (Å²) >= 11 is 1.47. The Labute approximate surface area is 145 Å². The number of amides is 2. The standard InChI is InChI=1S/C18H22N2O3S/c1-12(14-10-23-15-7-4-3-6-13(14)15)20-17(21)19-11-18(2,22)16-8-5-9-24-16/h3-9,12,14,22H,10-11H2,1-2H3,(H2,19,20,21). The lowest BCUT2D eigenvalue weighted by atomic mass is 9.94. The summed E-state index contributed by atoms with van der Waals surface area (Å²) < 4.78 is 5.67. The van der Waals surface area contributed by atoms with Crippen molar-refractivity contribution in [2.24, 2.45) is 0 Å². The molecule has 6 heteroatoms. The van der Waals surface area contributed by atoms with Crippen LogP contribution >= 0.6 is 11.3 Å². The SMILES string of the molecule is CC(NC(=O)NCC(C)(O)c1cccs1)C1COc2ccccc21. The summed E-state index contributed by atoms with van der Waals surface area (Å²) in [4.78, 5) is 13.0. The van der Waals surface area contributed by atoms with E-state index in [0.29, 0.717) is 6.61 Å². The number of ether oxygens (including phenoxy) is 1. The van der Waals surface area contributed by atoms with Gasteiger partial charge in [0.2, 0.25) is 0 Å². The van der Waals surface area contributed by atoms with Gasteiger partial charge in [-0.2, -0.15) is 0 Å². The van der Waals surface area contributed by atoms with Crippen LogP contribution < -0.4 is 15.4 Å². The summed E-state index contributed by atoms with van der Waals surface area (Å²) in [6, 6.07) is 11.3. The third kappa shape index (κ3) is 3.55. The molecule has 1 aromatic carbocycles. The van der Waals surface area contributed by atoms with Gasteiger partial charge in [0.1, 0.15) is 11.4 Å². The van der Waals surface area contributed by atoms with Crippen LogP contribution in [0.1, 0.15) is 30.2 Å². The maximum absolute atomic E-state index is 12.2. The fourth-order valence-corrected chi connectivity index (χ4v) is 3.67. The molecule has 0 aliphatic carbocycles. The van der Waals surface area contributed by atoms with Gasteiger partial charge in [-0.05, 0) is 31.4 Å². The highest BCUT2D eigenvalue weighted by Crippen LogP contribution is 2.35. The van der Waals surface area contributed by atoms with Gasteiger partial charge in [-0.1, -0.05) is 24.3 Å². The van der Waals surface area contributed by atoms with Crippen molar-refractivity contribution in [1.82, 2.24) is 10.6 Å². The highest BCUT2D eigenvalue weighted by atomic mass is 32.1. The van der Waals surface area contributed by atoms with Crippen LogP contribution in [0.2, 0.25) is 0 Å². The first-order valence-electron chi connectivity index (χ1n) is 8.00. The minimum atomic E-state index is -1.07. The van der Waals surface area contributed by atoms with Crippen LogP contribution in [0.5, 0.6) is 5.75 Å². The van der Waals surface area contributed by atoms with Crippen LogP contribution in [0.4, 0.5) is 4.79 Å². The molecule has 5 nitrogen and oxygen atoms in total. The lowest BCUT2D eigenvalue weighted by Gasteiger charge is -2.24. The molecule has 0 bridgehead atoms. The molecule has 0 saturated carbocycles. The predicted molar refractivity (Wildman–Crippen MR) is 94.6 cm³/mol. The molecule has 1 aliphatic rings. The number of urea groups is 1. The quantitative estimate of drug-likeness (QED) is 0.780. The molecule has 2 aromatic rings. The predicted octanol–water partition coefficient (Wildman–Crippen LogP) is 2.82. The van der Waals surface area contributed by atoms with E-state index in [4.69, 9.17) is 4.74 Å². The van der Waals surface area contributed by atoms with Crippen molar-refractivity contribution in [3.63, 3.8) is 0 Å². The fourth-order valence-electron chi connectivity index (χ4n) is 2.88. The van der Waals surface area contributed by atoms with E-state index < -0.39 is 5.60 Å². The largest absolute Gasteiger partial charge is 0.493 e. The Balaban J connectivity index is 1.54. The van der Waals surface area contributed by atoms with Crippen molar-refractivity contribution in [1.29, 1.82) is 0 Å². The average molecular weight is 346 g/mol. The second-order valence-electron chi connectivity index (χ2n) is 6.32. The van der Waals surface area contributed by atoms with Gasteiger partial charge in [-0.3, -0.25) is 0 Å². The van der Waals surface area contributed by atoms with Crippen LogP contribution in [0, 0.1) is 0 Å². The van der Waals surface area contributed by atoms with Crippen LogP contribution in [0.15, 0.2) is 41.8 Å². The zero-order chi connectivity index (χ0) is 17.2. The Kier molecular flexibility index (Phi) is 4.78. The first kappa shape index (κ1) is 16.8. The smallest absolute Gasteiger partial charge is 0.315 e. The number of nitrogens with one attached hydrogen (secondary N) is 2. The number of hydrogen-bond acceptors (Lipinski definition) is 4. The highest BCUT2D eigenvalue weighted by molar-refractivity contribution is 7.10. The summed E-state index contributed by atoms with van der Waals surface area (Å²) in [5.41, 5.74) is 0.0496. The van der Waals surface area contributed by atoms with Crippen LogP contribution in [0.3, 0.4) is 0 Å². The third-order valence-electron chi connectivity index (χ3n) is 4.34. The van der Waals surface area contributed by atoms with Gasteiger partial charge >= 0.3 is 6.03 Å². The molecule has 128 valence electrons. The summed E-state index contributed by atoms with van der Waals surface area (Å²) in [5.74, 6) is 1.02. The topological polar surface area (TPSA) is 70.6 Å². The highest BCUT2D eigenvalue weighted by Gasteiger charge is 2.30. The Morgan fingerprint density at radius 3 is 2.96 bits per heavy atom. The number of hydrogen-bond donors (Lipinski definition) is 3. The number of carbonyl (C=O) groups excluding carboxylic acids is 1. The molecule has 3 atom stereocenters. The number of thiophene rings is 1. The van der Waals surface area contributed by atoms with E-state index in [1.54, 1.807) is 6.92 Å². The fraction of sp³-hybridized carbons (Fsp3) is 0.389. The molecule has 1 aliphatic heterocycles. The number of carbonyl (C=O) groups is 1. The minimum absolute atomic E-state index is 0.0691. The number of rotatable bonds is 5. The molecule has 2 amide bonds. The minimum Gasteiger partial charge on any atom is -0.493 e. The van der Waals surface area contributed by atoms with E-state index in [-0.39, 0.29) is 24.5 Å². The monoisotopic (exact) mass is 346 g/mol. The lowest BCUT2D eigenvalue weighted by molar-refractivity contribution is 0.0630. The zero-order valence-corrected chi connectivity index (χ0v) is 14.6. The lowest BCUT2D eigenvalue weighted by Crippen LogP contribution is -2.47. The molecule has 0 radical (unpaired) electrons. The maximum Gasteiger partial charge on any atom is 0.315 e. The molecule has 0 fully saturated rings. The third-order valence-corrected chi connectivity index (χ3v) is 5.47. The summed E-state index contributed by atoms with van der Waals surface area (Å²) in [6.07, 6.45) is 0. The zero-order valence-electron chi connectivity index (χ0n) is 13.8. The van der Waals surface area contributed by atoms with Crippen LogP contribution in [-0.4, -0.2) is 30.3 Å². The normalized spacial score (nSPS) is 19.7. The molecule has 0 saturated heterocycles. The van der Waals surface area contributed by atoms with E-state index in [1.807, 2.05) is 48.7 Å². The van der Waals surface area contributed by atoms with E-state index in [0.717, 1.165) is 16.2 Å². The Hall–Kier alpha value is -2.05. The molecule has 1 aromatic heterocycles. The van der Waals surface area contributed by atoms with Crippen LogP contribution in [-0.2, 0) is 5.60 Å². The van der Waals surface area contributed by atoms with Crippen molar-refractivity contribution in [2.75, 3.05) is 13.2 Å². The van der Waals surface area contributed by atoms with E-state index in [2.05, 4.69) is 10.6 Å². The van der Waals surface area contributed by atoms with E-state index in [1.165, 1.54) is 11.3 Å². The molecule has 3 N–H and O–H groups in total. The molecule has 3 unspecified atom stereocenters. The van der Waals surface area contributed by atoms with Gasteiger partial charge in [0.15, 0.2) is 0 Å². The van der Waals surface area contributed by atoms with E-state index in [9.17, 15) is 9.90 Å². The van der Waals surface area contributed by atoms with Crippen molar-refractivity contribution in [3.8, 4) is 5.75 Å². The van der Waals surface area contributed by atoms with Crippen molar-refractivity contribution in [3.05, 3.63) is 52.2 Å². The molecular weight excluding hydrogens is 324 g/mol. The molecule has 2 heterocycles. The molecule has 0 spiro atoms. The van der Waals surface area contributed by atoms with Crippen molar-refractivity contribution in [2.45, 2.75) is 31.4 Å². The number of aliphatic hydroxyl groups is 1. The van der Waals surface area contributed by atoms with E-state index >= 15 is 0 Å². The maximum atomic E-state index is 12.2. The first-order valence-corrected chi connectivity index (χ1v) is 8.88. The average Bonchev–Trinajstić information content (AvgIpc) is 3.22. The first-order chi connectivity index (χ1) is 11.5. The molecule has 24 heavy (non-hydrogen) atoms. The second kappa shape index (κ2) is 6.83. The van der Waals surface area contributed by atoms with Crippen molar-refractivity contribution >= 4 is 17.4 Å². The van der Waals surface area contributed by atoms with Gasteiger partial charge in [-0.25, -0.2) is 4.79 Å². The van der Waals surface area contributed by atoms with Crippen LogP contribution in [0.25, 0.3) is 0 Å². The number of para-hydroxylation sites is 1. The summed E-state index contributed by atoms with van der Waals surface area (Å²) in [7, 11) is 0. The summed E-state index contributed by atoms with van der Waals surface area (Å²) in [6.45, 7) is 4.38. The Bertz CT molecular complexity index is 700. The van der Waals surface area contributed by atoms with Gasteiger partial charge in [0, 0.05) is 22.4 Å². The van der Waals surface area contributed by atoms with Gasteiger partial charge in [-0.15, -0.1) is 11.3 Å². The van der Waals surface area contributed by atoms with Crippen molar-refractivity contribution < 1.29 is 14.6 Å². The Morgan fingerprint density at radius 2 is 2.21 bits per heavy atom. The molecule has 3 rings (SSSR count). The second-order valence-corrected chi connectivity index (χ2v) is 7.27. The Morgan fingerprint density at radius 1 is 1.42 bits per heavy atom. The van der Waals surface area contributed by atoms with Gasteiger partial charge < -0.3 is 20.5 Å². The number of fused-ring (bicyclic) bond motifs is 1. The van der Waals surface area contributed by atoms with Gasteiger partial charge in [0.05, 0.1) is 13.2 Å². The number of benzene rings is 1. The summed E-state index contributed by atoms with van der Waals surface area (Å²) in [5, 5.41) is 18.1.